The quantitative estimate of drug-likeness (QED) is 0.855. The van der Waals surface area contributed by atoms with E-state index in [-0.39, 0.29) is 24.1 Å². The molecule has 0 unspecified atom stereocenters. The minimum atomic E-state index is -0.624. The number of benzene rings is 1. The molecule has 4 rings (SSSR count). The molecule has 1 fully saturated rings. The van der Waals surface area contributed by atoms with Crippen LogP contribution in [0, 0.1) is 0 Å². The van der Waals surface area contributed by atoms with Crippen LogP contribution in [-0.2, 0) is 23.2 Å². The summed E-state index contributed by atoms with van der Waals surface area (Å²) < 4.78 is 1.62. The minimum absolute atomic E-state index is 0.0209. The third-order valence-electron chi connectivity index (χ3n) is 6.00. The number of aromatic nitrogens is 2. The number of nitrogens with zero attached hydrogens (tertiary/aromatic N) is 4. The zero-order valence-corrected chi connectivity index (χ0v) is 16.7. The van der Waals surface area contributed by atoms with Crippen molar-refractivity contribution in [1.29, 1.82) is 0 Å². The van der Waals surface area contributed by atoms with Crippen molar-refractivity contribution in [3.05, 3.63) is 47.7 Å². The molecule has 0 spiro atoms. The molecule has 2 aromatic rings. The van der Waals surface area contributed by atoms with E-state index in [0.717, 1.165) is 5.56 Å². The zero-order valence-electron chi connectivity index (χ0n) is 16.7. The summed E-state index contributed by atoms with van der Waals surface area (Å²) >= 11 is 0. The fraction of sp³-hybridized carbons (Fsp3) is 0.429. The first-order valence-corrected chi connectivity index (χ1v) is 9.83. The molecule has 0 atom stereocenters. The molecule has 8 heteroatoms. The summed E-state index contributed by atoms with van der Waals surface area (Å²) in [7, 11) is 1.79. The van der Waals surface area contributed by atoms with Gasteiger partial charge in [0, 0.05) is 51.4 Å². The van der Waals surface area contributed by atoms with Crippen LogP contribution in [0.15, 0.2) is 36.5 Å². The molecule has 2 aliphatic heterocycles. The topological polar surface area (TPSA) is 87.5 Å². The molecule has 0 radical (unpaired) electrons. The number of likely N-dealkylation sites (tertiary alicyclic amines) is 1. The van der Waals surface area contributed by atoms with Gasteiger partial charge < -0.3 is 15.1 Å². The molecule has 1 aromatic heterocycles. The van der Waals surface area contributed by atoms with Gasteiger partial charge in [0.1, 0.15) is 0 Å². The number of rotatable bonds is 4. The van der Waals surface area contributed by atoms with Crippen molar-refractivity contribution < 1.29 is 14.4 Å². The highest BCUT2D eigenvalue weighted by atomic mass is 16.2. The lowest BCUT2D eigenvalue weighted by Crippen LogP contribution is -2.57. The zero-order chi connectivity index (χ0) is 20.6. The van der Waals surface area contributed by atoms with Crippen LogP contribution >= 0.6 is 0 Å². The van der Waals surface area contributed by atoms with Gasteiger partial charge >= 0.3 is 0 Å². The molecule has 0 bridgehead atoms. The summed E-state index contributed by atoms with van der Waals surface area (Å²) in [5.41, 5.74) is 1.06. The van der Waals surface area contributed by atoms with E-state index >= 15 is 0 Å². The standard InChI is InChI=1S/C21H25N5O3/c1-15(27)25-11-8-21(9-12-25,13-19(28)22-18-7-10-24(2)23-18)26-14-16-5-3-4-6-17(16)20(26)29/h3-7,10H,8-9,11-14H2,1-2H3,(H,22,23,28). The maximum atomic E-state index is 13.2. The fourth-order valence-electron chi connectivity index (χ4n) is 4.39. The lowest BCUT2D eigenvalue weighted by atomic mass is 9.82. The van der Waals surface area contributed by atoms with Crippen LogP contribution in [0.25, 0.3) is 0 Å². The van der Waals surface area contributed by atoms with Crippen LogP contribution in [0.4, 0.5) is 5.82 Å². The van der Waals surface area contributed by atoms with E-state index < -0.39 is 5.54 Å². The molecule has 1 saturated heterocycles. The van der Waals surface area contributed by atoms with Crippen LogP contribution < -0.4 is 5.32 Å². The maximum Gasteiger partial charge on any atom is 0.254 e. The van der Waals surface area contributed by atoms with Crippen molar-refractivity contribution in [3.63, 3.8) is 0 Å². The number of piperidine rings is 1. The van der Waals surface area contributed by atoms with E-state index in [1.807, 2.05) is 29.2 Å². The molecule has 29 heavy (non-hydrogen) atoms. The second-order valence-corrected chi connectivity index (χ2v) is 7.88. The van der Waals surface area contributed by atoms with Gasteiger partial charge in [0.15, 0.2) is 5.82 Å². The lowest BCUT2D eigenvalue weighted by molar-refractivity contribution is -0.131. The third-order valence-corrected chi connectivity index (χ3v) is 6.00. The number of amides is 3. The van der Waals surface area contributed by atoms with Crippen LogP contribution in [-0.4, -0.2) is 55.9 Å². The van der Waals surface area contributed by atoms with Crippen molar-refractivity contribution in [2.24, 2.45) is 7.05 Å². The summed E-state index contributed by atoms with van der Waals surface area (Å²) in [6.45, 7) is 3.11. The number of hydrogen-bond donors (Lipinski definition) is 1. The van der Waals surface area contributed by atoms with Crippen LogP contribution in [0.2, 0.25) is 0 Å². The van der Waals surface area contributed by atoms with Crippen molar-refractivity contribution in [2.75, 3.05) is 18.4 Å². The van der Waals surface area contributed by atoms with E-state index in [0.29, 0.717) is 43.9 Å². The van der Waals surface area contributed by atoms with E-state index in [9.17, 15) is 14.4 Å². The average molecular weight is 395 g/mol. The van der Waals surface area contributed by atoms with E-state index in [2.05, 4.69) is 10.4 Å². The SMILES string of the molecule is CC(=O)N1CCC(CC(=O)Nc2ccn(C)n2)(N2Cc3ccccc3C2=O)CC1. The van der Waals surface area contributed by atoms with Gasteiger partial charge in [-0.05, 0) is 24.5 Å². The smallest absolute Gasteiger partial charge is 0.254 e. The van der Waals surface area contributed by atoms with Crippen LogP contribution in [0.5, 0.6) is 0 Å². The Morgan fingerprint density at radius 3 is 2.52 bits per heavy atom. The first kappa shape index (κ1) is 19.2. The predicted molar refractivity (Wildman–Crippen MR) is 107 cm³/mol. The van der Waals surface area contributed by atoms with Gasteiger partial charge in [-0.3, -0.25) is 19.1 Å². The highest BCUT2D eigenvalue weighted by Gasteiger charge is 2.47. The van der Waals surface area contributed by atoms with E-state index in [4.69, 9.17) is 0 Å². The molecule has 0 saturated carbocycles. The molecule has 8 nitrogen and oxygen atoms in total. The monoisotopic (exact) mass is 395 g/mol. The lowest BCUT2D eigenvalue weighted by Gasteiger charge is -2.47. The molecule has 2 aliphatic rings. The van der Waals surface area contributed by atoms with Crippen molar-refractivity contribution >= 4 is 23.5 Å². The average Bonchev–Trinajstić information content (AvgIpc) is 3.25. The Balaban J connectivity index is 1.58. The van der Waals surface area contributed by atoms with Gasteiger partial charge in [0.25, 0.3) is 5.91 Å². The number of carbonyl (C=O) groups excluding carboxylic acids is 3. The van der Waals surface area contributed by atoms with Gasteiger partial charge in [-0.2, -0.15) is 5.10 Å². The first-order chi connectivity index (χ1) is 13.9. The van der Waals surface area contributed by atoms with Gasteiger partial charge in [-0.1, -0.05) is 18.2 Å². The number of anilines is 1. The third kappa shape index (κ3) is 3.62. The van der Waals surface area contributed by atoms with Gasteiger partial charge in [-0.25, -0.2) is 0 Å². The largest absolute Gasteiger partial charge is 0.343 e. The highest BCUT2D eigenvalue weighted by Crippen LogP contribution is 2.38. The number of fused-ring (bicyclic) bond motifs is 1. The number of carbonyl (C=O) groups is 3. The molecule has 1 N–H and O–H groups in total. The predicted octanol–water partition coefficient (Wildman–Crippen LogP) is 1.79. The summed E-state index contributed by atoms with van der Waals surface area (Å²) in [6.07, 6.45) is 3.08. The Morgan fingerprint density at radius 2 is 1.90 bits per heavy atom. The molecule has 152 valence electrons. The molecule has 0 aliphatic carbocycles. The number of hydrogen-bond acceptors (Lipinski definition) is 4. The highest BCUT2D eigenvalue weighted by molar-refractivity contribution is 5.99. The Morgan fingerprint density at radius 1 is 1.17 bits per heavy atom. The Hall–Kier alpha value is -3.16. The van der Waals surface area contributed by atoms with E-state index in [1.165, 1.54) is 0 Å². The number of nitrogens with one attached hydrogen (secondary N) is 1. The molecule has 3 amide bonds. The van der Waals surface area contributed by atoms with Crippen molar-refractivity contribution in [1.82, 2.24) is 19.6 Å². The minimum Gasteiger partial charge on any atom is -0.343 e. The van der Waals surface area contributed by atoms with Gasteiger partial charge in [0.2, 0.25) is 11.8 Å². The van der Waals surface area contributed by atoms with Gasteiger partial charge in [-0.15, -0.1) is 0 Å². The Labute approximate surface area is 169 Å². The Kier molecular flexibility index (Phi) is 4.86. The number of aryl methyl sites for hydroxylation is 1. The van der Waals surface area contributed by atoms with Crippen molar-refractivity contribution in [3.8, 4) is 0 Å². The van der Waals surface area contributed by atoms with E-state index in [1.54, 1.807) is 35.8 Å². The molecular weight excluding hydrogens is 370 g/mol. The van der Waals surface area contributed by atoms with Crippen molar-refractivity contribution in [2.45, 2.75) is 38.3 Å². The molecule has 3 heterocycles. The van der Waals surface area contributed by atoms with Crippen LogP contribution in [0.1, 0.15) is 42.1 Å². The second-order valence-electron chi connectivity index (χ2n) is 7.88. The second kappa shape index (κ2) is 7.35. The molecular formula is C21H25N5O3. The maximum absolute atomic E-state index is 13.2. The first-order valence-electron chi connectivity index (χ1n) is 9.83. The summed E-state index contributed by atoms with van der Waals surface area (Å²) in [5.74, 6) is 0.295. The summed E-state index contributed by atoms with van der Waals surface area (Å²) in [6, 6.07) is 9.32. The Bertz CT molecular complexity index is 959. The summed E-state index contributed by atoms with van der Waals surface area (Å²) in [4.78, 5) is 41.4. The fourth-order valence-corrected chi connectivity index (χ4v) is 4.39. The normalized spacial score (nSPS) is 17.9. The molecule has 1 aromatic carbocycles. The van der Waals surface area contributed by atoms with Crippen LogP contribution in [0.3, 0.4) is 0 Å². The van der Waals surface area contributed by atoms with Gasteiger partial charge in [0.05, 0.1) is 12.0 Å². The summed E-state index contributed by atoms with van der Waals surface area (Å²) in [5, 5.41) is 7.04.